The van der Waals surface area contributed by atoms with E-state index in [0.717, 1.165) is 12.1 Å². The molecule has 0 unspecified atom stereocenters. The number of para-hydroxylation sites is 2. The van der Waals surface area contributed by atoms with E-state index in [1.807, 2.05) is 0 Å². The van der Waals surface area contributed by atoms with Gasteiger partial charge in [0.25, 0.3) is 0 Å². The first-order valence-corrected chi connectivity index (χ1v) is 15.5. The zero-order valence-electron chi connectivity index (χ0n) is 20.1. The van der Waals surface area contributed by atoms with Gasteiger partial charge in [-0.1, -0.05) is 76.0 Å². The molecule has 3 aromatic carbocycles. The van der Waals surface area contributed by atoms with Crippen LogP contribution in [0.2, 0.25) is 19.6 Å². The second kappa shape index (κ2) is 7.16. The van der Waals surface area contributed by atoms with Gasteiger partial charge in [-0.25, -0.2) is 0 Å². The summed E-state index contributed by atoms with van der Waals surface area (Å²) in [4.78, 5) is 4.97. The van der Waals surface area contributed by atoms with Crippen molar-refractivity contribution >= 4 is 51.4 Å². The fraction of sp³-hybridized carbons (Fsp3) is 0.233. The van der Waals surface area contributed by atoms with Crippen molar-refractivity contribution in [2.24, 2.45) is 5.92 Å². The zero-order chi connectivity index (χ0) is 22.9. The predicted molar refractivity (Wildman–Crippen MR) is 146 cm³/mol. The largest absolute Gasteiger partial charge is 0.308 e. The van der Waals surface area contributed by atoms with E-state index >= 15 is 0 Å². The molecule has 3 heterocycles. The van der Waals surface area contributed by atoms with Gasteiger partial charge in [-0.2, -0.15) is 0 Å². The summed E-state index contributed by atoms with van der Waals surface area (Å²) in [6.07, 6.45) is 3.28. The van der Waals surface area contributed by atoms with Crippen LogP contribution in [-0.4, -0.2) is 17.5 Å². The maximum absolute atomic E-state index is 4.97. The molecule has 2 nitrogen and oxygen atoms in total. The number of hydrogen-bond acceptors (Lipinski definition) is 1. The lowest BCUT2D eigenvalue weighted by atomic mass is 10.0. The van der Waals surface area contributed by atoms with Gasteiger partial charge < -0.3 is 4.40 Å². The summed E-state index contributed by atoms with van der Waals surface area (Å²) in [5.74, 6) is 0.632. The summed E-state index contributed by atoms with van der Waals surface area (Å²) in [6.45, 7) is 11.9. The molecule has 6 aromatic rings. The van der Waals surface area contributed by atoms with Crippen LogP contribution in [0.25, 0.3) is 49.4 Å². The lowest BCUT2D eigenvalue weighted by Crippen LogP contribution is -2.40. The molecule has 0 aliphatic carbocycles. The van der Waals surface area contributed by atoms with Gasteiger partial charge in [0.05, 0.1) is 30.3 Å². The number of pyridine rings is 1. The molecule has 0 saturated carbocycles. The highest BCUT2D eigenvalue weighted by Crippen LogP contribution is 2.39. The predicted octanol–water partition coefficient (Wildman–Crippen LogP) is 7.64. The average molecular weight is 447 g/mol. The highest BCUT2D eigenvalue weighted by Gasteiger charge is 2.22. The van der Waals surface area contributed by atoms with E-state index in [9.17, 15) is 0 Å². The van der Waals surface area contributed by atoms with E-state index in [-0.39, 0.29) is 0 Å². The van der Waals surface area contributed by atoms with Gasteiger partial charge >= 0.3 is 0 Å². The average Bonchev–Trinajstić information content (AvgIpc) is 3.29. The molecule has 0 fully saturated rings. The lowest BCUT2D eigenvalue weighted by Gasteiger charge is -2.22. The van der Waals surface area contributed by atoms with Crippen LogP contribution in [0.15, 0.2) is 72.9 Å². The zero-order valence-corrected chi connectivity index (χ0v) is 21.1. The molecule has 3 aromatic heterocycles. The Balaban J connectivity index is 1.59. The normalized spacial score (nSPS) is 12.8. The number of nitrogens with zero attached hydrogens (tertiary/aromatic N) is 2. The van der Waals surface area contributed by atoms with Gasteiger partial charge in [-0.15, -0.1) is 0 Å². The molecule has 6 rings (SSSR count). The van der Waals surface area contributed by atoms with E-state index in [1.54, 1.807) is 0 Å². The van der Waals surface area contributed by atoms with Gasteiger partial charge in [0.1, 0.15) is 0 Å². The van der Waals surface area contributed by atoms with Crippen LogP contribution in [0.1, 0.15) is 19.4 Å². The molecule has 0 saturated heterocycles. The van der Waals surface area contributed by atoms with Crippen LogP contribution in [0.3, 0.4) is 0 Å². The second-order valence-electron chi connectivity index (χ2n) is 10.9. The van der Waals surface area contributed by atoms with Crippen molar-refractivity contribution in [3.05, 3.63) is 78.5 Å². The molecular weight excluding hydrogens is 416 g/mol. The topological polar surface area (TPSA) is 17.3 Å². The summed E-state index contributed by atoms with van der Waals surface area (Å²) >= 11 is 0. The van der Waals surface area contributed by atoms with Crippen LogP contribution in [-0.2, 0) is 6.42 Å². The van der Waals surface area contributed by atoms with Gasteiger partial charge in [0.2, 0.25) is 0 Å². The first kappa shape index (κ1) is 20.4. The van der Waals surface area contributed by atoms with Gasteiger partial charge in [-0.05, 0) is 47.4 Å². The number of benzene rings is 3. The minimum Gasteiger partial charge on any atom is -0.308 e. The van der Waals surface area contributed by atoms with Crippen LogP contribution in [0.4, 0.5) is 0 Å². The van der Waals surface area contributed by atoms with E-state index in [2.05, 4.69) is 111 Å². The maximum Gasteiger partial charge on any atom is 0.0799 e. The Kier molecular flexibility index (Phi) is 4.44. The monoisotopic (exact) mass is 446 g/mol. The maximum atomic E-state index is 4.97. The summed E-state index contributed by atoms with van der Waals surface area (Å²) in [5, 5.41) is 6.78. The van der Waals surface area contributed by atoms with Crippen LogP contribution >= 0.6 is 0 Å². The molecule has 0 atom stereocenters. The summed E-state index contributed by atoms with van der Waals surface area (Å²) in [6, 6.07) is 24.7. The minimum atomic E-state index is -1.44. The van der Waals surface area contributed by atoms with Gasteiger partial charge in [-0.3, -0.25) is 4.98 Å². The Morgan fingerprint density at radius 2 is 1.48 bits per heavy atom. The van der Waals surface area contributed by atoms with Gasteiger partial charge in [0.15, 0.2) is 0 Å². The van der Waals surface area contributed by atoms with Crippen LogP contribution < -0.4 is 5.19 Å². The Morgan fingerprint density at radius 1 is 0.788 bits per heavy atom. The molecule has 3 heteroatoms. The highest BCUT2D eigenvalue weighted by molar-refractivity contribution is 6.89. The first-order chi connectivity index (χ1) is 15.8. The summed E-state index contributed by atoms with van der Waals surface area (Å²) in [7, 11) is -1.44. The van der Waals surface area contributed by atoms with Crippen molar-refractivity contribution < 1.29 is 0 Å². The van der Waals surface area contributed by atoms with Crippen molar-refractivity contribution in [1.29, 1.82) is 0 Å². The van der Waals surface area contributed by atoms with Crippen molar-refractivity contribution in [2.75, 3.05) is 0 Å². The third-order valence-corrected chi connectivity index (χ3v) is 9.01. The Morgan fingerprint density at radius 3 is 2.24 bits per heavy atom. The van der Waals surface area contributed by atoms with Crippen LogP contribution in [0, 0.1) is 5.92 Å². The standard InChI is InChI=1S/C30H30N2Si/c1-19(2)15-21-17-26(31-18-29(21)33(3,4)5)20-13-14-28-25(16-20)24-11-8-10-23-22-9-6-7-12-27(22)32(28)30(23)24/h6-14,16-19H,15H2,1-5H3. The van der Waals surface area contributed by atoms with E-state index in [1.165, 1.54) is 54.4 Å². The number of aromatic nitrogens is 2. The minimum absolute atomic E-state index is 0.632. The summed E-state index contributed by atoms with van der Waals surface area (Å²) < 4.78 is 2.44. The molecule has 0 aliphatic rings. The summed E-state index contributed by atoms with van der Waals surface area (Å²) in [5.41, 5.74) is 7.65. The molecule has 33 heavy (non-hydrogen) atoms. The highest BCUT2D eigenvalue weighted by atomic mass is 28.3. The van der Waals surface area contributed by atoms with Crippen molar-refractivity contribution in [3.63, 3.8) is 0 Å². The molecule has 0 aliphatic heterocycles. The fourth-order valence-electron chi connectivity index (χ4n) is 5.53. The Hall–Kier alpha value is -3.17. The number of rotatable bonds is 4. The van der Waals surface area contributed by atoms with E-state index in [0.29, 0.717) is 5.92 Å². The first-order valence-electron chi connectivity index (χ1n) is 12.0. The lowest BCUT2D eigenvalue weighted by molar-refractivity contribution is 0.649. The van der Waals surface area contributed by atoms with Crippen LogP contribution in [0.5, 0.6) is 0 Å². The molecule has 0 radical (unpaired) electrons. The number of hydrogen-bond donors (Lipinski definition) is 0. The molecular formula is C30H30N2Si. The Labute approximate surface area is 196 Å². The van der Waals surface area contributed by atoms with Crippen molar-refractivity contribution in [1.82, 2.24) is 9.38 Å². The smallest absolute Gasteiger partial charge is 0.0799 e. The third kappa shape index (κ3) is 3.10. The number of fused-ring (bicyclic) bond motifs is 6. The second-order valence-corrected chi connectivity index (χ2v) is 15.9. The SMILES string of the molecule is CC(C)Cc1cc(-c2ccc3c(c2)c2cccc4c5ccccc5n3c42)ncc1[Si](C)(C)C. The molecule has 0 bridgehead atoms. The quantitative estimate of drug-likeness (QED) is 0.254. The molecule has 0 spiro atoms. The third-order valence-electron chi connectivity index (χ3n) is 6.94. The van der Waals surface area contributed by atoms with Gasteiger partial charge in [0, 0.05) is 33.3 Å². The Bertz CT molecular complexity index is 1650. The van der Waals surface area contributed by atoms with Crippen molar-refractivity contribution in [2.45, 2.75) is 39.9 Å². The molecule has 164 valence electrons. The molecule has 0 N–H and O–H groups in total. The van der Waals surface area contributed by atoms with Crippen molar-refractivity contribution in [3.8, 4) is 11.3 Å². The molecule has 0 amide bonds. The van der Waals surface area contributed by atoms with E-state index < -0.39 is 8.07 Å². The fourth-order valence-corrected chi connectivity index (χ4v) is 7.12. The van der Waals surface area contributed by atoms with E-state index in [4.69, 9.17) is 4.98 Å².